The third kappa shape index (κ3) is 7.26. The van der Waals surface area contributed by atoms with Gasteiger partial charge in [-0.15, -0.1) is 0 Å². The summed E-state index contributed by atoms with van der Waals surface area (Å²) in [7, 11) is 1.73. The van der Waals surface area contributed by atoms with Gasteiger partial charge in [0, 0.05) is 20.1 Å². The molecule has 2 rings (SSSR count). The summed E-state index contributed by atoms with van der Waals surface area (Å²) < 4.78 is 18.4. The Morgan fingerprint density at radius 2 is 1.79 bits per heavy atom. The zero-order valence-electron chi connectivity index (χ0n) is 16.3. The summed E-state index contributed by atoms with van der Waals surface area (Å²) >= 11 is 0. The average molecular weight is 386 g/mol. The van der Waals surface area contributed by atoms with E-state index in [1.807, 2.05) is 37.3 Å². The molecule has 0 saturated heterocycles. The fourth-order valence-electron chi connectivity index (χ4n) is 2.71. The van der Waals surface area contributed by atoms with Crippen molar-refractivity contribution in [3.8, 4) is 5.75 Å². The molecule has 0 atom stereocenters. The van der Waals surface area contributed by atoms with Gasteiger partial charge in [0.05, 0.1) is 0 Å². The highest BCUT2D eigenvalue weighted by Gasteiger charge is 2.03. The minimum Gasteiger partial charge on any atom is -0.484 e. The number of nitrogens with one attached hydrogen (secondary N) is 2. The second kappa shape index (κ2) is 10.9. The zero-order valence-corrected chi connectivity index (χ0v) is 16.3. The van der Waals surface area contributed by atoms with E-state index in [1.165, 1.54) is 6.07 Å². The van der Waals surface area contributed by atoms with Gasteiger partial charge in [0.2, 0.25) is 0 Å². The molecule has 0 aromatic heterocycles. The Morgan fingerprint density at radius 3 is 2.39 bits per heavy atom. The standard InChI is InChI=1S/C21H27FN4O2/c1-15-13-18(22)6-5-17(15)10-12-26-21(24-2)25-11-9-16-3-7-19(8-4-16)28-14-20(23)27/h3-8,13H,9-12,14H2,1-2H3,(H2,23,27)(H2,24,25,26). The third-order valence-corrected chi connectivity index (χ3v) is 4.23. The lowest BCUT2D eigenvalue weighted by molar-refractivity contribution is -0.119. The van der Waals surface area contributed by atoms with E-state index in [9.17, 15) is 9.18 Å². The highest BCUT2D eigenvalue weighted by molar-refractivity contribution is 5.79. The SMILES string of the molecule is CN=C(NCCc1ccc(OCC(N)=O)cc1)NCCc1ccc(F)cc1C. The van der Waals surface area contributed by atoms with Crippen LogP contribution < -0.4 is 21.1 Å². The van der Waals surface area contributed by atoms with E-state index in [-0.39, 0.29) is 12.4 Å². The second-order valence-electron chi connectivity index (χ2n) is 6.40. The number of aryl methyl sites for hydroxylation is 1. The maximum atomic E-state index is 13.2. The van der Waals surface area contributed by atoms with Gasteiger partial charge in [0.1, 0.15) is 11.6 Å². The Labute approximate surface area is 165 Å². The first-order valence-electron chi connectivity index (χ1n) is 9.17. The van der Waals surface area contributed by atoms with E-state index in [2.05, 4.69) is 15.6 Å². The predicted molar refractivity (Wildman–Crippen MR) is 109 cm³/mol. The Bertz CT molecular complexity index is 807. The van der Waals surface area contributed by atoms with Crippen molar-refractivity contribution in [2.45, 2.75) is 19.8 Å². The number of nitrogens with two attached hydrogens (primary N) is 1. The fraction of sp³-hybridized carbons (Fsp3) is 0.333. The van der Waals surface area contributed by atoms with Crippen molar-refractivity contribution in [1.29, 1.82) is 0 Å². The van der Waals surface area contributed by atoms with Gasteiger partial charge in [0.15, 0.2) is 12.6 Å². The van der Waals surface area contributed by atoms with E-state index in [1.54, 1.807) is 13.1 Å². The third-order valence-electron chi connectivity index (χ3n) is 4.23. The topological polar surface area (TPSA) is 88.7 Å². The second-order valence-corrected chi connectivity index (χ2v) is 6.40. The number of halogens is 1. The van der Waals surface area contributed by atoms with Crippen LogP contribution in [0.25, 0.3) is 0 Å². The van der Waals surface area contributed by atoms with Crippen LogP contribution in [0.5, 0.6) is 5.75 Å². The number of ether oxygens (including phenoxy) is 1. The van der Waals surface area contributed by atoms with Crippen LogP contribution in [0, 0.1) is 12.7 Å². The molecule has 4 N–H and O–H groups in total. The molecule has 7 heteroatoms. The molecule has 0 aliphatic heterocycles. The maximum absolute atomic E-state index is 13.2. The lowest BCUT2D eigenvalue weighted by atomic mass is 10.1. The number of guanidine groups is 1. The van der Waals surface area contributed by atoms with Crippen LogP contribution >= 0.6 is 0 Å². The minimum absolute atomic E-state index is 0.125. The van der Waals surface area contributed by atoms with E-state index in [4.69, 9.17) is 10.5 Å². The molecule has 0 aliphatic carbocycles. The lowest BCUT2D eigenvalue weighted by Crippen LogP contribution is -2.39. The number of rotatable bonds is 9. The molecule has 0 fully saturated rings. The summed E-state index contributed by atoms with van der Waals surface area (Å²) in [5, 5.41) is 6.53. The van der Waals surface area contributed by atoms with E-state index in [0.29, 0.717) is 12.3 Å². The Balaban J connectivity index is 1.71. The first kappa shape index (κ1) is 21.2. The van der Waals surface area contributed by atoms with Crippen molar-refractivity contribution in [3.05, 3.63) is 65.0 Å². The van der Waals surface area contributed by atoms with Crippen LogP contribution in [-0.2, 0) is 17.6 Å². The van der Waals surface area contributed by atoms with Gasteiger partial charge in [-0.1, -0.05) is 18.2 Å². The quantitative estimate of drug-likeness (QED) is 0.454. The van der Waals surface area contributed by atoms with Crippen LogP contribution in [0.1, 0.15) is 16.7 Å². The Morgan fingerprint density at radius 1 is 1.11 bits per heavy atom. The number of aliphatic imine (C=N–C) groups is 1. The Hall–Kier alpha value is -3.09. The van der Waals surface area contributed by atoms with Gasteiger partial charge in [-0.3, -0.25) is 9.79 Å². The average Bonchev–Trinajstić information content (AvgIpc) is 2.67. The number of primary amides is 1. The molecule has 0 unspecified atom stereocenters. The molecular formula is C21H27FN4O2. The van der Waals surface area contributed by atoms with Gasteiger partial charge >= 0.3 is 0 Å². The molecule has 1 amide bonds. The van der Waals surface area contributed by atoms with E-state index < -0.39 is 5.91 Å². The number of hydrogen-bond acceptors (Lipinski definition) is 3. The van der Waals surface area contributed by atoms with Crippen LogP contribution in [0.2, 0.25) is 0 Å². The molecule has 0 heterocycles. The summed E-state index contributed by atoms with van der Waals surface area (Å²) in [6, 6.07) is 12.4. The highest BCUT2D eigenvalue weighted by Crippen LogP contribution is 2.12. The van der Waals surface area contributed by atoms with E-state index in [0.717, 1.165) is 42.0 Å². The van der Waals surface area contributed by atoms with E-state index >= 15 is 0 Å². The van der Waals surface area contributed by atoms with Gasteiger partial charge < -0.3 is 21.1 Å². The van der Waals surface area contributed by atoms with Crippen molar-refractivity contribution in [3.63, 3.8) is 0 Å². The van der Waals surface area contributed by atoms with Crippen LogP contribution in [-0.4, -0.2) is 38.6 Å². The first-order valence-corrected chi connectivity index (χ1v) is 9.17. The van der Waals surface area contributed by atoms with Crippen molar-refractivity contribution < 1.29 is 13.9 Å². The maximum Gasteiger partial charge on any atom is 0.255 e. The van der Waals surface area contributed by atoms with Crippen molar-refractivity contribution in [1.82, 2.24) is 10.6 Å². The predicted octanol–water partition coefficient (Wildman–Crippen LogP) is 1.95. The van der Waals surface area contributed by atoms with Crippen molar-refractivity contribution in [2.75, 3.05) is 26.7 Å². The molecule has 150 valence electrons. The molecule has 0 bridgehead atoms. The monoisotopic (exact) mass is 386 g/mol. The van der Waals surface area contributed by atoms with Crippen molar-refractivity contribution >= 4 is 11.9 Å². The van der Waals surface area contributed by atoms with Crippen LogP contribution in [0.4, 0.5) is 4.39 Å². The molecule has 0 spiro atoms. The number of benzene rings is 2. The number of amides is 1. The molecule has 2 aromatic carbocycles. The van der Waals surface area contributed by atoms with Crippen LogP contribution in [0.15, 0.2) is 47.5 Å². The van der Waals surface area contributed by atoms with Gasteiger partial charge in [-0.05, 0) is 60.7 Å². The molecule has 2 aromatic rings. The first-order chi connectivity index (χ1) is 13.5. The molecule has 28 heavy (non-hydrogen) atoms. The molecule has 0 saturated carbocycles. The number of carbonyl (C=O) groups excluding carboxylic acids is 1. The fourth-order valence-corrected chi connectivity index (χ4v) is 2.71. The summed E-state index contributed by atoms with van der Waals surface area (Å²) in [5.74, 6) is 0.631. The molecular weight excluding hydrogens is 359 g/mol. The molecule has 0 radical (unpaired) electrons. The highest BCUT2D eigenvalue weighted by atomic mass is 19.1. The largest absolute Gasteiger partial charge is 0.484 e. The van der Waals surface area contributed by atoms with Gasteiger partial charge in [0.25, 0.3) is 5.91 Å². The Kier molecular flexibility index (Phi) is 8.27. The van der Waals surface area contributed by atoms with Gasteiger partial charge in [-0.2, -0.15) is 0 Å². The lowest BCUT2D eigenvalue weighted by Gasteiger charge is -2.13. The molecule has 6 nitrogen and oxygen atoms in total. The summed E-state index contributed by atoms with van der Waals surface area (Å²) in [5.41, 5.74) is 8.26. The zero-order chi connectivity index (χ0) is 20.4. The number of nitrogens with zero attached hydrogens (tertiary/aromatic N) is 1. The van der Waals surface area contributed by atoms with Crippen LogP contribution in [0.3, 0.4) is 0 Å². The normalized spacial score (nSPS) is 11.2. The summed E-state index contributed by atoms with van der Waals surface area (Å²) in [6.07, 6.45) is 1.60. The smallest absolute Gasteiger partial charge is 0.255 e. The summed E-state index contributed by atoms with van der Waals surface area (Å²) in [4.78, 5) is 14.9. The van der Waals surface area contributed by atoms with Crippen molar-refractivity contribution in [2.24, 2.45) is 10.7 Å². The minimum atomic E-state index is -0.498. The number of carbonyl (C=O) groups is 1. The molecule has 0 aliphatic rings. The summed E-state index contributed by atoms with van der Waals surface area (Å²) in [6.45, 7) is 3.21. The number of hydrogen-bond donors (Lipinski definition) is 3. The van der Waals surface area contributed by atoms with Gasteiger partial charge in [-0.25, -0.2) is 4.39 Å².